The molecular weight excluding hydrogens is 298 g/mol. The van der Waals surface area contributed by atoms with Crippen LogP contribution in [0.1, 0.15) is 40.0 Å². The van der Waals surface area contributed by atoms with Gasteiger partial charge >= 0.3 is 6.03 Å². The Bertz CT molecular complexity index is 435. The van der Waals surface area contributed by atoms with E-state index in [-0.39, 0.29) is 36.1 Å². The van der Waals surface area contributed by atoms with Gasteiger partial charge in [-0.05, 0) is 30.1 Å². The minimum absolute atomic E-state index is 0.0230. The second kappa shape index (κ2) is 9.01. The molecular formula is C16H29N3O4. The molecule has 0 bridgehead atoms. The molecule has 2 amide bonds. The predicted molar refractivity (Wildman–Crippen MR) is 87.0 cm³/mol. The van der Waals surface area contributed by atoms with Crippen molar-refractivity contribution >= 4 is 12.1 Å². The van der Waals surface area contributed by atoms with Gasteiger partial charge in [-0.15, -0.1) is 0 Å². The third-order valence-electron chi connectivity index (χ3n) is 4.10. The number of carbonyl (C=O) groups excluding carboxylic acids is 2. The minimum Gasteiger partial charge on any atom is -0.394 e. The largest absolute Gasteiger partial charge is 0.394 e. The maximum atomic E-state index is 11.8. The third-order valence-corrected chi connectivity index (χ3v) is 4.10. The van der Waals surface area contributed by atoms with E-state index in [1.807, 2.05) is 0 Å². The predicted octanol–water partition coefficient (Wildman–Crippen LogP) is 1.22. The summed E-state index contributed by atoms with van der Waals surface area (Å²) in [5, 5.41) is 14.2. The highest BCUT2D eigenvalue weighted by molar-refractivity contribution is 5.73. The van der Waals surface area contributed by atoms with Crippen molar-refractivity contribution in [3.63, 3.8) is 0 Å². The molecule has 1 aliphatic rings. The highest BCUT2D eigenvalue weighted by Crippen LogP contribution is 2.46. The fourth-order valence-corrected chi connectivity index (χ4v) is 3.64. The Morgan fingerprint density at radius 2 is 2.04 bits per heavy atom. The molecule has 0 aromatic carbocycles. The van der Waals surface area contributed by atoms with Crippen LogP contribution in [0.2, 0.25) is 0 Å². The second-order valence-electron chi connectivity index (χ2n) is 7.38. The summed E-state index contributed by atoms with van der Waals surface area (Å²) in [5.41, 5.74) is -0.0220. The third kappa shape index (κ3) is 7.59. The fraction of sp³-hybridized carbons (Fsp3) is 0.875. The molecule has 1 rings (SSSR count). The van der Waals surface area contributed by atoms with Gasteiger partial charge in [-0.1, -0.05) is 20.8 Å². The molecule has 0 aliphatic heterocycles. The first-order chi connectivity index (χ1) is 10.8. The zero-order valence-electron chi connectivity index (χ0n) is 14.4. The Hall–Kier alpha value is -1.43. The van der Waals surface area contributed by atoms with E-state index in [0.717, 1.165) is 19.3 Å². The summed E-state index contributed by atoms with van der Waals surface area (Å²) in [5.74, 6) is 0. The lowest BCUT2D eigenvalue weighted by Crippen LogP contribution is -2.47. The van der Waals surface area contributed by atoms with Crippen LogP contribution in [0.5, 0.6) is 0 Å². The van der Waals surface area contributed by atoms with Crippen LogP contribution >= 0.6 is 0 Å². The van der Waals surface area contributed by atoms with Gasteiger partial charge in [0.15, 0.2) is 0 Å². The van der Waals surface area contributed by atoms with Gasteiger partial charge in [-0.25, -0.2) is 14.6 Å². The molecule has 1 fully saturated rings. The number of aliphatic hydroxyl groups is 1. The fourth-order valence-electron chi connectivity index (χ4n) is 3.64. The minimum atomic E-state index is -0.238. The molecule has 0 spiro atoms. The number of ether oxygens (including phenoxy) is 1. The van der Waals surface area contributed by atoms with Gasteiger partial charge in [-0.3, -0.25) is 0 Å². The Balaban J connectivity index is 2.41. The number of isocyanates is 1. The number of aliphatic hydroxyl groups excluding tert-OH is 1. The van der Waals surface area contributed by atoms with Crippen LogP contribution in [0.4, 0.5) is 4.79 Å². The summed E-state index contributed by atoms with van der Waals surface area (Å²) < 4.78 is 5.07. The van der Waals surface area contributed by atoms with Gasteiger partial charge in [-0.2, -0.15) is 0 Å². The summed E-state index contributed by atoms with van der Waals surface area (Å²) in [4.78, 5) is 26.3. The van der Waals surface area contributed by atoms with Crippen LogP contribution in [0.15, 0.2) is 4.99 Å². The summed E-state index contributed by atoms with van der Waals surface area (Å²) in [7, 11) is 0. The quantitative estimate of drug-likeness (QED) is 0.354. The molecule has 1 aliphatic carbocycles. The highest BCUT2D eigenvalue weighted by atomic mass is 16.5. The number of carbonyl (C=O) groups is 1. The van der Waals surface area contributed by atoms with Gasteiger partial charge in [0.2, 0.25) is 6.08 Å². The highest BCUT2D eigenvalue weighted by Gasteiger charge is 2.41. The Labute approximate surface area is 137 Å². The van der Waals surface area contributed by atoms with Crippen LogP contribution in [-0.2, 0) is 9.53 Å². The van der Waals surface area contributed by atoms with Crippen molar-refractivity contribution in [2.45, 2.75) is 46.1 Å². The molecule has 0 aromatic rings. The van der Waals surface area contributed by atoms with Crippen molar-refractivity contribution in [3.8, 4) is 0 Å². The van der Waals surface area contributed by atoms with Crippen molar-refractivity contribution in [3.05, 3.63) is 0 Å². The molecule has 0 saturated heterocycles. The normalized spacial score (nSPS) is 26.2. The monoisotopic (exact) mass is 327 g/mol. The summed E-state index contributed by atoms with van der Waals surface area (Å²) in [6, 6.07) is -0.268. The Morgan fingerprint density at radius 3 is 2.70 bits per heavy atom. The lowest BCUT2D eigenvalue weighted by atomic mass is 9.63. The van der Waals surface area contributed by atoms with Crippen LogP contribution in [0.3, 0.4) is 0 Å². The van der Waals surface area contributed by atoms with Crippen molar-refractivity contribution < 1.29 is 19.4 Å². The van der Waals surface area contributed by atoms with E-state index < -0.39 is 0 Å². The van der Waals surface area contributed by atoms with Crippen molar-refractivity contribution in [1.82, 2.24) is 10.6 Å². The SMILES string of the molecule is CC1(C)CC(N=C=O)CC(C)(CNC(=O)NCCOCCO)C1. The van der Waals surface area contributed by atoms with Crippen LogP contribution < -0.4 is 10.6 Å². The second-order valence-corrected chi connectivity index (χ2v) is 7.38. The van der Waals surface area contributed by atoms with E-state index in [9.17, 15) is 9.59 Å². The Morgan fingerprint density at radius 1 is 1.30 bits per heavy atom. The van der Waals surface area contributed by atoms with Gasteiger partial charge < -0.3 is 20.5 Å². The zero-order valence-corrected chi connectivity index (χ0v) is 14.4. The summed E-state index contributed by atoms with van der Waals surface area (Å²) in [6.45, 7) is 7.99. The van der Waals surface area contributed by atoms with Crippen molar-refractivity contribution in [2.24, 2.45) is 15.8 Å². The van der Waals surface area contributed by atoms with E-state index in [1.54, 1.807) is 6.08 Å². The molecule has 23 heavy (non-hydrogen) atoms. The van der Waals surface area contributed by atoms with Crippen LogP contribution in [0, 0.1) is 10.8 Å². The summed E-state index contributed by atoms with van der Waals surface area (Å²) in [6.07, 6.45) is 4.27. The van der Waals surface area contributed by atoms with E-state index in [2.05, 4.69) is 36.4 Å². The summed E-state index contributed by atoms with van der Waals surface area (Å²) >= 11 is 0. The van der Waals surface area contributed by atoms with Gasteiger partial charge in [0.1, 0.15) is 0 Å². The molecule has 0 heterocycles. The van der Waals surface area contributed by atoms with Crippen molar-refractivity contribution in [2.75, 3.05) is 32.9 Å². The van der Waals surface area contributed by atoms with E-state index in [1.165, 1.54) is 0 Å². The molecule has 1 saturated carbocycles. The number of urea groups is 1. The molecule has 7 heteroatoms. The van der Waals surface area contributed by atoms with Crippen LogP contribution in [0.25, 0.3) is 0 Å². The maximum Gasteiger partial charge on any atom is 0.314 e. The number of nitrogens with one attached hydrogen (secondary N) is 2. The number of aliphatic imine (C=N–C) groups is 1. The first kappa shape index (κ1) is 19.6. The molecule has 3 N–H and O–H groups in total. The molecule has 2 atom stereocenters. The van der Waals surface area contributed by atoms with Gasteiger partial charge in [0, 0.05) is 13.1 Å². The number of amides is 2. The number of rotatable bonds is 8. The van der Waals surface area contributed by atoms with Gasteiger partial charge in [0.25, 0.3) is 0 Å². The molecule has 0 aromatic heterocycles. The topological polar surface area (TPSA) is 100 Å². The maximum absolute atomic E-state index is 11.8. The average Bonchev–Trinajstić information content (AvgIpc) is 2.43. The Kier molecular flexibility index (Phi) is 7.68. The molecule has 0 radical (unpaired) electrons. The molecule has 2 unspecified atom stereocenters. The number of hydrogen-bond acceptors (Lipinski definition) is 5. The lowest BCUT2D eigenvalue weighted by molar-refractivity contribution is 0.0840. The lowest BCUT2D eigenvalue weighted by Gasteiger charge is -2.45. The first-order valence-electron chi connectivity index (χ1n) is 8.08. The van der Waals surface area contributed by atoms with E-state index >= 15 is 0 Å². The van der Waals surface area contributed by atoms with E-state index in [4.69, 9.17) is 9.84 Å². The first-order valence-corrected chi connectivity index (χ1v) is 8.08. The van der Waals surface area contributed by atoms with Crippen molar-refractivity contribution in [1.29, 1.82) is 0 Å². The van der Waals surface area contributed by atoms with Gasteiger partial charge in [0.05, 0.1) is 25.9 Å². The molecule has 7 nitrogen and oxygen atoms in total. The average molecular weight is 327 g/mol. The van der Waals surface area contributed by atoms with E-state index in [0.29, 0.717) is 19.7 Å². The number of nitrogens with zero attached hydrogens (tertiary/aromatic N) is 1. The molecule has 132 valence electrons. The number of hydrogen-bond donors (Lipinski definition) is 3. The standard InChI is InChI=1S/C16H29N3O4/c1-15(2)8-13(19-12-21)9-16(3,10-15)11-18-14(22)17-4-6-23-7-5-20/h13,20H,4-11H2,1-3H3,(H2,17,18,22). The smallest absolute Gasteiger partial charge is 0.314 e. The van der Waals surface area contributed by atoms with Crippen LogP contribution in [-0.4, -0.2) is 56.2 Å². The zero-order chi connectivity index (χ0) is 17.3.